The van der Waals surface area contributed by atoms with E-state index in [2.05, 4.69) is 34.3 Å². The van der Waals surface area contributed by atoms with Crippen molar-refractivity contribution in [3.8, 4) is 0 Å². The van der Waals surface area contributed by atoms with Crippen LogP contribution < -0.4 is 0 Å². The highest BCUT2D eigenvalue weighted by atomic mass is 16.5. The number of esters is 1. The van der Waals surface area contributed by atoms with Crippen molar-refractivity contribution >= 4 is 11.9 Å². The van der Waals surface area contributed by atoms with Crippen molar-refractivity contribution in [2.45, 2.75) is 91.6 Å². The molecule has 0 aromatic rings. The van der Waals surface area contributed by atoms with E-state index >= 15 is 0 Å². The molecule has 0 bridgehead atoms. The molecule has 2 aliphatic rings. The summed E-state index contributed by atoms with van der Waals surface area (Å²) in [6, 6.07) is 0. The largest absolute Gasteiger partial charge is 0.481 e. The monoisotopic (exact) mass is 408 g/mol. The molecule has 2 aliphatic carbocycles. The molecule has 0 aliphatic heterocycles. The van der Waals surface area contributed by atoms with Gasteiger partial charge in [-0.25, -0.2) is 0 Å². The zero-order chi connectivity index (χ0) is 21.8. The number of allylic oxidation sites excluding steroid dienone is 1. The summed E-state index contributed by atoms with van der Waals surface area (Å²) < 4.78 is 5.17. The number of hydrogen-bond acceptors (Lipinski definition) is 4. The van der Waals surface area contributed by atoms with Gasteiger partial charge >= 0.3 is 11.9 Å². The van der Waals surface area contributed by atoms with Crippen molar-refractivity contribution in [1.82, 2.24) is 0 Å². The number of rotatable bonds is 9. The summed E-state index contributed by atoms with van der Waals surface area (Å²) in [6.45, 7) is 13.8. The molecule has 0 spiro atoms. The van der Waals surface area contributed by atoms with Crippen LogP contribution in [0.5, 0.6) is 0 Å². The molecule has 2 N–H and O–H groups in total. The summed E-state index contributed by atoms with van der Waals surface area (Å²) in [6.07, 6.45) is 6.58. The second-order valence-corrected chi connectivity index (χ2v) is 10.3. The lowest BCUT2D eigenvalue weighted by Gasteiger charge is -2.59. The standard InChI is InChI=1S/C24H40O5/c1-16(13-15-29-22(28)11-10-21(26)27)6-8-18-17(2)7-9-19-23(3,4)20(25)12-14-24(18,19)5/h16,18-20,25H,2,6-15H2,1,3-5H3,(H,26,27)/t16-,18-,19-,20-,24-/m1/s1. The third kappa shape index (κ3) is 5.62. The van der Waals surface area contributed by atoms with Crippen molar-refractivity contribution in [3.05, 3.63) is 12.2 Å². The van der Waals surface area contributed by atoms with Gasteiger partial charge in [-0.2, -0.15) is 0 Å². The summed E-state index contributed by atoms with van der Waals surface area (Å²) in [5, 5.41) is 19.2. The Balaban J connectivity index is 1.86. The third-order valence-electron chi connectivity index (χ3n) is 7.92. The first-order chi connectivity index (χ1) is 13.5. The van der Waals surface area contributed by atoms with E-state index in [-0.39, 0.29) is 29.8 Å². The number of carboxylic acid groups (broad SMARTS) is 1. The molecular weight excluding hydrogens is 368 g/mol. The Morgan fingerprint density at radius 2 is 1.90 bits per heavy atom. The Bertz CT molecular complexity index is 610. The van der Waals surface area contributed by atoms with Crippen LogP contribution in [0.25, 0.3) is 0 Å². The number of ether oxygens (including phenoxy) is 1. The number of carbonyl (C=O) groups excluding carboxylic acids is 1. The van der Waals surface area contributed by atoms with Crippen molar-refractivity contribution in [1.29, 1.82) is 0 Å². The van der Waals surface area contributed by atoms with Gasteiger partial charge in [0, 0.05) is 0 Å². The zero-order valence-electron chi connectivity index (χ0n) is 18.7. The highest BCUT2D eigenvalue weighted by Crippen LogP contribution is 2.61. The quantitative estimate of drug-likeness (QED) is 0.416. The topological polar surface area (TPSA) is 83.8 Å². The van der Waals surface area contributed by atoms with E-state index in [1.54, 1.807) is 0 Å². The average molecular weight is 409 g/mol. The number of hydrogen-bond donors (Lipinski definition) is 2. The van der Waals surface area contributed by atoms with Crippen LogP contribution in [0, 0.1) is 28.6 Å². The van der Waals surface area contributed by atoms with Crippen molar-refractivity contribution in [2.75, 3.05) is 6.61 Å². The van der Waals surface area contributed by atoms with Crippen LogP contribution in [0.4, 0.5) is 0 Å². The Morgan fingerprint density at radius 3 is 2.55 bits per heavy atom. The molecule has 5 heteroatoms. The van der Waals surface area contributed by atoms with E-state index < -0.39 is 11.9 Å². The van der Waals surface area contributed by atoms with Gasteiger partial charge in [0.05, 0.1) is 25.6 Å². The second-order valence-electron chi connectivity index (χ2n) is 10.3. The van der Waals surface area contributed by atoms with Gasteiger partial charge in [-0.3, -0.25) is 9.59 Å². The Hall–Kier alpha value is -1.36. The SMILES string of the molecule is C=C1CC[C@@H]2C(C)(C)[C@H](O)CC[C@]2(C)[C@@H]1CC[C@@H](C)CCOC(=O)CCC(=O)O. The maximum absolute atomic E-state index is 11.5. The summed E-state index contributed by atoms with van der Waals surface area (Å²) in [4.78, 5) is 22.1. The number of aliphatic hydroxyl groups is 1. The molecule has 0 amide bonds. The fourth-order valence-electron chi connectivity index (χ4n) is 5.95. The number of carboxylic acids is 1. The highest BCUT2D eigenvalue weighted by Gasteiger charge is 2.55. The van der Waals surface area contributed by atoms with Crippen LogP contribution in [0.1, 0.15) is 85.5 Å². The van der Waals surface area contributed by atoms with Gasteiger partial charge in [0.25, 0.3) is 0 Å². The number of carbonyl (C=O) groups is 2. The highest BCUT2D eigenvalue weighted by molar-refractivity contribution is 5.76. The minimum absolute atomic E-state index is 0.0538. The molecule has 29 heavy (non-hydrogen) atoms. The van der Waals surface area contributed by atoms with Crippen LogP contribution in [0.3, 0.4) is 0 Å². The van der Waals surface area contributed by atoms with Crippen molar-refractivity contribution in [2.24, 2.45) is 28.6 Å². The number of fused-ring (bicyclic) bond motifs is 1. The molecule has 0 unspecified atom stereocenters. The number of aliphatic hydroxyl groups excluding tert-OH is 1. The van der Waals surface area contributed by atoms with Crippen molar-refractivity contribution in [3.63, 3.8) is 0 Å². The van der Waals surface area contributed by atoms with Crippen LogP contribution in [-0.2, 0) is 14.3 Å². The molecule has 0 radical (unpaired) electrons. The predicted molar refractivity (Wildman–Crippen MR) is 113 cm³/mol. The first kappa shape index (κ1) is 23.9. The molecule has 2 fully saturated rings. The first-order valence-corrected chi connectivity index (χ1v) is 11.2. The lowest BCUT2D eigenvalue weighted by molar-refractivity contribution is -0.148. The normalized spacial score (nSPS) is 32.3. The van der Waals surface area contributed by atoms with Gasteiger partial charge in [-0.15, -0.1) is 0 Å². The number of aliphatic carboxylic acids is 1. The van der Waals surface area contributed by atoms with Crippen LogP contribution in [0.2, 0.25) is 0 Å². The summed E-state index contributed by atoms with van der Waals surface area (Å²) in [5.74, 6) is 0.0152. The van der Waals surface area contributed by atoms with E-state index in [1.165, 1.54) is 5.57 Å². The van der Waals surface area contributed by atoms with Gasteiger partial charge in [-0.1, -0.05) is 39.8 Å². The molecule has 0 aromatic heterocycles. The Labute approximate surface area is 175 Å². The molecule has 0 saturated heterocycles. The van der Waals surface area contributed by atoms with Crippen LogP contribution in [-0.4, -0.2) is 34.9 Å². The first-order valence-electron chi connectivity index (χ1n) is 11.2. The maximum atomic E-state index is 11.5. The lowest BCUT2D eigenvalue weighted by Crippen LogP contribution is -2.54. The third-order valence-corrected chi connectivity index (χ3v) is 7.92. The second kappa shape index (κ2) is 9.63. The lowest BCUT2D eigenvalue weighted by atomic mass is 9.46. The smallest absolute Gasteiger partial charge is 0.306 e. The minimum atomic E-state index is -0.978. The van der Waals surface area contributed by atoms with E-state index in [1.807, 2.05) is 0 Å². The molecule has 166 valence electrons. The summed E-state index contributed by atoms with van der Waals surface area (Å²) in [5.41, 5.74) is 1.51. The molecule has 0 heterocycles. The molecule has 5 atom stereocenters. The zero-order valence-corrected chi connectivity index (χ0v) is 18.7. The van der Waals surface area contributed by atoms with Crippen molar-refractivity contribution < 1.29 is 24.5 Å². The van der Waals surface area contributed by atoms with Crippen LogP contribution >= 0.6 is 0 Å². The summed E-state index contributed by atoms with van der Waals surface area (Å²) in [7, 11) is 0. The van der Waals surface area contributed by atoms with Gasteiger partial charge in [0.1, 0.15) is 0 Å². The summed E-state index contributed by atoms with van der Waals surface area (Å²) >= 11 is 0. The molecule has 2 saturated carbocycles. The molecule has 2 rings (SSSR count). The van der Waals surface area contributed by atoms with Gasteiger partial charge in [0.2, 0.25) is 0 Å². The predicted octanol–water partition coefficient (Wildman–Crippen LogP) is 4.97. The maximum Gasteiger partial charge on any atom is 0.306 e. The fourth-order valence-corrected chi connectivity index (χ4v) is 5.95. The van der Waals surface area contributed by atoms with E-state index in [4.69, 9.17) is 9.84 Å². The Kier molecular flexibility index (Phi) is 7.94. The minimum Gasteiger partial charge on any atom is -0.481 e. The van der Waals surface area contributed by atoms with Gasteiger partial charge < -0.3 is 14.9 Å². The molecule has 0 aromatic carbocycles. The Morgan fingerprint density at radius 1 is 1.21 bits per heavy atom. The van der Waals surface area contributed by atoms with E-state index in [0.29, 0.717) is 24.4 Å². The fraction of sp³-hybridized carbons (Fsp3) is 0.833. The average Bonchev–Trinajstić information content (AvgIpc) is 2.63. The van der Waals surface area contributed by atoms with E-state index in [9.17, 15) is 14.7 Å². The van der Waals surface area contributed by atoms with E-state index in [0.717, 1.165) is 44.9 Å². The molecular formula is C24H40O5. The van der Waals surface area contributed by atoms with Gasteiger partial charge in [-0.05, 0) is 73.5 Å². The van der Waals surface area contributed by atoms with Gasteiger partial charge in [0.15, 0.2) is 0 Å². The molecule has 5 nitrogen and oxygen atoms in total. The van der Waals surface area contributed by atoms with Crippen LogP contribution in [0.15, 0.2) is 12.2 Å².